The molecule has 1 unspecified atom stereocenters. The zero-order chi connectivity index (χ0) is 16.8. The molecule has 0 heterocycles. The van der Waals surface area contributed by atoms with Crippen LogP contribution >= 0.6 is 0 Å². The summed E-state index contributed by atoms with van der Waals surface area (Å²) in [7, 11) is 0. The molecule has 1 aromatic rings. The van der Waals surface area contributed by atoms with Gasteiger partial charge in [0.2, 0.25) is 0 Å². The van der Waals surface area contributed by atoms with Gasteiger partial charge in [-0.05, 0) is 78.5 Å². The van der Waals surface area contributed by atoms with Crippen molar-refractivity contribution in [2.75, 3.05) is 0 Å². The number of benzene rings is 1. The maximum atomic E-state index is 10.2. The summed E-state index contributed by atoms with van der Waals surface area (Å²) in [6.45, 7) is 11.7. The van der Waals surface area contributed by atoms with Gasteiger partial charge in [0, 0.05) is 0 Å². The molecule has 2 aliphatic rings. The van der Waals surface area contributed by atoms with E-state index >= 15 is 0 Å². The quantitative estimate of drug-likeness (QED) is 0.564. The molecule has 2 N–H and O–H groups in total. The van der Waals surface area contributed by atoms with Crippen LogP contribution in [0.5, 0.6) is 11.5 Å². The largest absolute Gasteiger partial charge is 0.508 e. The van der Waals surface area contributed by atoms with Crippen LogP contribution in [0.15, 0.2) is 30.4 Å². The highest BCUT2D eigenvalue weighted by atomic mass is 16.3. The molecular formula is C21H30O2. The minimum atomic E-state index is 0.227. The molecule has 3 atom stereocenters. The Bertz CT molecular complexity index is 616. The predicted molar refractivity (Wildman–Crippen MR) is 94.6 cm³/mol. The van der Waals surface area contributed by atoms with E-state index in [4.69, 9.17) is 0 Å². The Labute approximate surface area is 140 Å². The van der Waals surface area contributed by atoms with Crippen LogP contribution in [0.1, 0.15) is 58.4 Å². The first-order chi connectivity index (χ1) is 10.7. The molecular weight excluding hydrogens is 284 g/mol. The van der Waals surface area contributed by atoms with E-state index in [1.54, 1.807) is 18.2 Å². The second-order valence-electron chi connectivity index (χ2n) is 8.67. The first kappa shape index (κ1) is 16.4. The van der Waals surface area contributed by atoms with Gasteiger partial charge in [-0.15, -0.1) is 0 Å². The van der Waals surface area contributed by atoms with Crippen molar-refractivity contribution in [3.63, 3.8) is 0 Å². The van der Waals surface area contributed by atoms with Gasteiger partial charge in [0.05, 0.1) is 0 Å². The lowest BCUT2D eigenvalue weighted by Crippen LogP contribution is -2.50. The molecule has 1 aromatic carbocycles. The van der Waals surface area contributed by atoms with E-state index in [1.165, 1.54) is 31.3 Å². The summed E-state index contributed by atoms with van der Waals surface area (Å²) in [6, 6.07) is 4.85. The van der Waals surface area contributed by atoms with E-state index < -0.39 is 0 Å². The normalized spacial score (nSPS) is 33.3. The van der Waals surface area contributed by atoms with Crippen molar-refractivity contribution in [1.82, 2.24) is 0 Å². The lowest BCUT2D eigenvalue weighted by molar-refractivity contribution is -0.0518. The van der Waals surface area contributed by atoms with Crippen LogP contribution in [-0.4, -0.2) is 10.2 Å². The van der Waals surface area contributed by atoms with Gasteiger partial charge in [-0.2, -0.15) is 0 Å². The number of phenolic OH excluding ortho intramolecular Hbond substituents is 2. The third kappa shape index (κ3) is 2.77. The highest BCUT2D eigenvalue weighted by Crippen LogP contribution is 2.61. The fourth-order valence-corrected chi connectivity index (χ4v) is 5.61. The van der Waals surface area contributed by atoms with Gasteiger partial charge in [-0.3, -0.25) is 0 Å². The summed E-state index contributed by atoms with van der Waals surface area (Å²) in [5.74, 6) is 1.61. The first-order valence-corrected chi connectivity index (χ1v) is 8.92. The summed E-state index contributed by atoms with van der Waals surface area (Å²) in [5.41, 5.74) is 2.80. The zero-order valence-corrected chi connectivity index (χ0v) is 14.7. The zero-order valence-electron chi connectivity index (χ0n) is 14.7. The second-order valence-corrected chi connectivity index (χ2v) is 8.67. The van der Waals surface area contributed by atoms with Crippen LogP contribution in [0.3, 0.4) is 0 Å². The average molecular weight is 314 g/mol. The molecule has 0 aromatic heterocycles. The Balaban J connectivity index is 1.95. The third-order valence-electron chi connectivity index (χ3n) is 6.81. The first-order valence-electron chi connectivity index (χ1n) is 8.92. The van der Waals surface area contributed by atoms with Crippen molar-refractivity contribution in [2.45, 2.75) is 59.3 Å². The minimum absolute atomic E-state index is 0.227. The number of phenols is 2. The molecule has 2 nitrogen and oxygen atoms in total. The summed E-state index contributed by atoms with van der Waals surface area (Å²) >= 11 is 0. The summed E-state index contributed by atoms with van der Waals surface area (Å²) in [4.78, 5) is 0. The monoisotopic (exact) mass is 314 g/mol. The Morgan fingerprint density at radius 1 is 1.17 bits per heavy atom. The van der Waals surface area contributed by atoms with Gasteiger partial charge in [0.15, 0.2) is 0 Å². The van der Waals surface area contributed by atoms with Gasteiger partial charge in [0.25, 0.3) is 0 Å². The molecule has 0 amide bonds. The lowest BCUT2D eigenvalue weighted by atomic mass is 9.47. The number of allylic oxidation sites excluding steroid dienone is 1. The molecule has 126 valence electrons. The van der Waals surface area contributed by atoms with E-state index in [1.807, 2.05) is 0 Å². The lowest BCUT2D eigenvalue weighted by Gasteiger charge is -2.58. The fraction of sp³-hybridized carbons (Fsp3) is 0.619. The Kier molecular flexibility index (Phi) is 3.98. The van der Waals surface area contributed by atoms with E-state index in [2.05, 4.69) is 27.4 Å². The Morgan fingerprint density at radius 2 is 1.91 bits per heavy atom. The highest BCUT2D eigenvalue weighted by molar-refractivity contribution is 5.40. The van der Waals surface area contributed by atoms with Crippen LogP contribution in [0, 0.1) is 22.7 Å². The molecule has 0 saturated heterocycles. The van der Waals surface area contributed by atoms with Crippen LogP contribution in [0.4, 0.5) is 0 Å². The van der Waals surface area contributed by atoms with E-state index in [9.17, 15) is 10.2 Å². The molecule has 2 aliphatic carbocycles. The maximum Gasteiger partial charge on any atom is 0.119 e. The molecule has 0 spiro atoms. The van der Waals surface area contributed by atoms with E-state index in [0.29, 0.717) is 17.3 Å². The van der Waals surface area contributed by atoms with Crippen LogP contribution in [0.25, 0.3) is 0 Å². The molecule has 23 heavy (non-hydrogen) atoms. The summed E-state index contributed by atoms with van der Waals surface area (Å²) in [6.07, 6.45) is 6.94. The molecule has 2 heteroatoms. The van der Waals surface area contributed by atoms with Gasteiger partial charge in [-0.1, -0.05) is 39.3 Å². The third-order valence-corrected chi connectivity index (χ3v) is 6.81. The van der Waals surface area contributed by atoms with Crippen molar-refractivity contribution in [3.05, 3.63) is 35.9 Å². The van der Waals surface area contributed by atoms with Gasteiger partial charge >= 0.3 is 0 Å². The average Bonchev–Trinajstić information content (AvgIpc) is 2.45. The smallest absolute Gasteiger partial charge is 0.119 e. The fourth-order valence-electron chi connectivity index (χ4n) is 5.61. The molecule has 2 saturated carbocycles. The Morgan fingerprint density at radius 3 is 2.65 bits per heavy atom. The van der Waals surface area contributed by atoms with Crippen molar-refractivity contribution in [3.8, 4) is 11.5 Å². The van der Waals surface area contributed by atoms with Gasteiger partial charge < -0.3 is 10.2 Å². The number of rotatable bonds is 2. The molecule has 0 radical (unpaired) electrons. The SMILES string of the molecule is C=C1CCC2C(C)(C)CCC[C@@]2(C)[C@@H]1Cc1cc(O)ccc1O. The standard InChI is InChI=1S/C21H30O2/c1-14-6-9-19-20(2,3)10-5-11-21(19,4)17(14)13-15-12-16(22)7-8-18(15)23/h7-8,12,17,19,22-23H,1,5-6,9-11,13H2,2-4H3/t17-,19?,21+/m1/s1. The summed E-state index contributed by atoms with van der Waals surface area (Å²) < 4.78 is 0. The number of hydrogen-bond acceptors (Lipinski definition) is 2. The molecule has 3 rings (SSSR count). The van der Waals surface area contributed by atoms with Gasteiger partial charge in [-0.25, -0.2) is 0 Å². The van der Waals surface area contributed by atoms with Gasteiger partial charge in [0.1, 0.15) is 11.5 Å². The topological polar surface area (TPSA) is 40.5 Å². The van der Waals surface area contributed by atoms with Crippen LogP contribution in [-0.2, 0) is 6.42 Å². The molecule has 0 aliphatic heterocycles. The maximum absolute atomic E-state index is 10.2. The van der Waals surface area contributed by atoms with Crippen LogP contribution < -0.4 is 0 Å². The van der Waals surface area contributed by atoms with E-state index in [-0.39, 0.29) is 16.9 Å². The second kappa shape index (κ2) is 5.58. The van der Waals surface area contributed by atoms with Crippen molar-refractivity contribution in [2.24, 2.45) is 22.7 Å². The highest BCUT2D eigenvalue weighted by Gasteiger charge is 2.52. The number of aromatic hydroxyl groups is 2. The number of hydrogen-bond donors (Lipinski definition) is 2. The van der Waals surface area contributed by atoms with Crippen molar-refractivity contribution in [1.29, 1.82) is 0 Å². The number of fused-ring (bicyclic) bond motifs is 1. The van der Waals surface area contributed by atoms with Crippen molar-refractivity contribution >= 4 is 0 Å². The summed E-state index contributed by atoms with van der Waals surface area (Å²) in [5, 5.41) is 20.0. The predicted octanol–water partition coefficient (Wildman–Crippen LogP) is 5.44. The van der Waals surface area contributed by atoms with Crippen molar-refractivity contribution < 1.29 is 10.2 Å². The Hall–Kier alpha value is -1.44. The minimum Gasteiger partial charge on any atom is -0.508 e. The van der Waals surface area contributed by atoms with Crippen LogP contribution in [0.2, 0.25) is 0 Å². The molecule has 2 fully saturated rings. The van der Waals surface area contributed by atoms with E-state index in [0.717, 1.165) is 18.4 Å². The molecule has 0 bridgehead atoms.